The van der Waals surface area contributed by atoms with Crippen LogP contribution in [0.2, 0.25) is 5.02 Å². The molecule has 0 radical (unpaired) electrons. The Kier molecular flexibility index (Phi) is 5.71. The van der Waals surface area contributed by atoms with Gasteiger partial charge in [0.1, 0.15) is 6.61 Å². The summed E-state index contributed by atoms with van der Waals surface area (Å²) in [6.45, 7) is 0.304. The lowest BCUT2D eigenvalue weighted by molar-refractivity contribution is 0.102. The van der Waals surface area contributed by atoms with E-state index in [1.54, 1.807) is 42.7 Å². The van der Waals surface area contributed by atoms with E-state index in [9.17, 15) is 4.79 Å². The standard InChI is InChI=1S/C20H17ClN2O3/c1-25-19-12-14(20(24)23-16-8-10-22-11-9-16)6-7-18(19)26-13-15-4-2-3-5-17(15)21/h2-12H,13H2,1H3,(H,22,23,24). The lowest BCUT2D eigenvalue weighted by Gasteiger charge is -2.13. The Morgan fingerprint density at radius 3 is 2.58 bits per heavy atom. The summed E-state index contributed by atoms with van der Waals surface area (Å²) < 4.78 is 11.2. The van der Waals surface area contributed by atoms with Crippen molar-refractivity contribution >= 4 is 23.2 Å². The van der Waals surface area contributed by atoms with Crippen LogP contribution in [-0.2, 0) is 6.61 Å². The molecule has 5 nitrogen and oxygen atoms in total. The van der Waals surface area contributed by atoms with Crippen LogP contribution < -0.4 is 14.8 Å². The van der Waals surface area contributed by atoms with E-state index in [0.29, 0.717) is 34.4 Å². The number of nitrogens with zero attached hydrogens (tertiary/aromatic N) is 1. The Bertz CT molecular complexity index is 901. The summed E-state index contributed by atoms with van der Waals surface area (Å²) in [5.41, 5.74) is 2.00. The van der Waals surface area contributed by atoms with Crippen molar-refractivity contribution < 1.29 is 14.3 Å². The zero-order chi connectivity index (χ0) is 18.4. The highest BCUT2D eigenvalue weighted by atomic mass is 35.5. The largest absolute Gasteiger partial charge is 0.493 e. The minimum Gasteiger partial charge on any atom is -0.493 e. The highest BCUT2D eigenvalue weighted by molar-refractivity contribution is 6.31. The maximum absolute atomic E-state index is 12.4. The second-order valence-corrected chi connectivity index (χ2v) is 5.84. The Morgan fingerprint density at radius 2 is 1.85 bits per heavy atom. The number of anilines is 1. The Morgan fingerprint density at radius 1 is 1.08 bits per heavy atom. The number of hydrogen-bond donors (Lipinski definition) is 1. The molecule has 26 heavy (non-hydrogen) atoms. The first-order valence-corrected chi connectivity index (χ1v) is 8.31. The molecule has 0 saturated heterocycles. The summed E-state index contributed by atoms with van der Waals surface area (Å²) in [7, 11) is 1.53. The van der Waals surface area contributed by atoms with Crippen LogP contribution in [0.5, 0.6) is 11.5 Å². The molecule has 1 amide bonds. The molecule has 0 atom stereocenters. The molecule has 1 N–H and O–H groups in total. The molecular weight excluding hydrogens is 352 g/mol. The molecule has 3 rings (SSSR count). The Labute approximate surface area is 156 Å². The fourth-order valence-electron chi connectivity index (χ4n) is 2.34. The van der Waals surface area contributed by atoms with Gasteiger partial charge in [-0.2, -0.15) is 0 Å². The van der Waals surface area contributed by atoms with Crippen LogP contribution >= 0.6 is 11.6 Å². The van der Waals surface area contributed by atoms with Crippen molar-refractivity contribution in [3.8, 4) is 11.5 Å². The normalized spacial score (nSPS) is 10.2. The van der Waals surface area contributed by atoms with Gasteiger partial charge >= 0.3 is 0 Å². The third-order valence-electron chi connectivity index (χ3n) is 3.71. The number of carbonyl (C=O) groups is 1. The first-order valence-electron chi connectivity index (χ1n) is 7.93. The van der Waals surface area contributed by atoms with Gasteiger partial charge in [-0.25, -0.2) is 0 Å². The van der Waals surface area contributed by atoms with Gasteiger partial charge in [0.15, 0.2) is 11.5 Å². The van der Waals surface area contributed by atoms with Gasteiger partial charge < -0.3 is 14.8 Å². The SMILES string of the molecule is COc1cc(C(=O)Nc2ccncc2)ccc1OCc1ccccc1Cl. The van der Waals surface area contributed by atoms with Crippen molar-refractivity contribution in [2.75, 3.05) is 12.4 Å². The van der Waals surface area contributed by atoms with Crippen molar-refractivity contribution in [1.82, 2.24) is 4.98 Å². The van der Waals surface area contributed by atoms with E-state index in [4.69, 9.17) is 21.1 Å². The van der Waals surface area contributed by atoms with Crippen LogP contribution in [0, 0.1) is 0 Å². The molecule has 1 heterocycles. The molecule has 0 aliphatic heterocycles. The van der Waals surface area contributed by atoms with E-state index >= 15 is 0 Å². The Hall–Kier alpha value is -3.05. The molecule has 0 fully saturated rings. The number of hydrogen-bond acceptors (Lipinski definition) is 4. The van der Waals surface area contributed by atoms with Gasteiger partial charge in [-0.15, -0.1) is 0 Å². The fourth-order valence-corrected chi connectivity index (χ4v) is 2.53. The fraction of sp³-hybridized carbons (Fsp3) is 0.100. The van der Waals surface area contributed by atoms with Gasteiger partial charge in [0.2, 0.25) is 0 Å². The monoisotopic (exact) mass is 368 g/mol. The summed E-state index contributed by atoms with van der Waals surface area (Å²) in [5, 5.41) is 3.44. The van der Waals surface area contributed by atoms with Gasteiger partial charge in [0, 0.05) is 34.2 Å². The Balaban J connectivity index is 1.73. The van der Waals surface area contributed by atoms with Crippen molar-refractivity contribution in [3.63, 3.8) is 0 Å². The summed E-state index contributed by atoms with van der Waals surface area (Å²) in [6.07, 6.45) is 3.23. The minimum atomic E-state index is -0.243. The number of benzene rings is 2. The molecule has 0 saturated carbocycles. The number of nitrogens with one attached hydrogen (secondary N) is 1. The molecule has 3 aromatic rings. The van der Waals surface area contributed by atoms with E-state index in [-0.39, 0.29) is 5.91 Å². The summed E-state index contributed by atoms with van der Waals surface area (Å²) in [4.78, 5) is 16.3. The number of aromatic nitrogens is 1. The lowest BCUT2D eigenvalue weighted by atomic mass is 10.2. The number of amides is 1. The third kappa shape index (κ3) is 4.32. The van der Waals surface area contributed by atoms with Crippen molar-refractivity contribution in [1.29, 1.82) is 0 Å². The molecule has 1 aromatic heterocycles. The summed E-state index contributed by atoms with van der Waals surface area (Å²) in [5.74, 6) is 0.763. The van der Waals surface area contributed by atoms with Crippen LogP contribution in [-0.4, -0.2) is 18.0 Å². The summed E-state index contributed by atoms with van der Waals surface area (Å²) >= 11 is 6.14. The highest BCUT2D eigenvalue weighted by Gasteiger charge is 2.12. The first-order chi connectivity index (χ1) is 12.7. The molecule has 6 heteroatoms. The molecule has 2 aromatic carbocycles. The van der Waals surface area contributed by atoms with Crippen LogP contribution in [0.25, 0.3) is 0 Å². The second-order valence-electron chi connectivity index (χ2n) is 5.44. The zero-order valence-electron chi connectivity index (χ0n) is 14.1. The molecule has 0 bridgehead atoms. The average Bonchev–Trinajstić information content (AvgIpc) is 2.68. The molecule has 0 aliphatic rings. The predicted molar refractivity (Wildman–Crippen MR) is 101 cm³/mol. The van der Waals surface area contributed by atoms with Crippen LogP contribution in [0.3, 0.4) is 0 Å². The van der Waals surface area contributed by atoms with Gasteiger partial charge in [-0.1, -0.05) is 29.8 Å². The van der Waals surface area contributed by atoms with Gasteiger partial charge in [-0.3, -0.25) is 9.78 Å². The second kappa shape index (κ2) is 8.36. The van der Waals surface area contributed by atoms with Crippen LogP contribution in [0.1, 0.15) is 15.9 Å². The smallest absolute Gasteiger partial charge is 0.255 e. The van der Waals surface area contributed by atoms with E-state index in [1.807, 2.05) is 24.3 Å². The molecule has 0 spiro atoms. The maximum atomic E-state index is 12.4. The number of halogens is 1. The molecule has 132 valence electrons. The number of pyridine rings is 1. The topological polar surface area (TPSA) is 60.5 Å². The van der Waals surface area contributed by atoms with E-state index in [1.165, 1.54) is 7.11 Å². The minimum absolute atomic E-state index is 0.243. The van der Waals surface area contributed by atoms with Gasteiger partial charge in [0.05, 0.1) is 7.11 Å². The highest BCUT2D eigenvalue weighted by Crippen LogP contribution is 2.30. The first kappa shape index (κ1) is 17.8. The number of methoxy groups -OCH3 is 1. The van der Waals surface area contributed by atoms with E-state index in [2.05, 4.69) is 10.3 Å². The average molecular weight is 369 g/mol. The van der Waals surface area contributed by atoms with Crippen LogP contribution in [0.4, 0.5) is 5.69 Å². The van der Waals surface area contributed by atoms with Crippen molar-refractivity contribution in [2.24, 2.45) is 0 Å². The molecule has 0 unspecified atom stereocenters. The zero-order valence-corrected chi connectivity index (χ0v) is 14.9. The summed E-state index contributed by atoms with van der Waals surface area (Å²) in [6, 6.07) is 15.9. The quantitative estimate of drug-likeness (QED) is 0.692. The number of carbonyl (C=O) groups excluding carboxylic acids is 1. The van der Waals surface area contributed by atoms with Gasteiger partial charge in [-0.05, 0) is 36.4 Å². The van der Waals surface area contributed by atoms with Crippen LogP contribution in [0.15, 0.2) is 67.0 Å². The number of ether oxygens (including phenoxy) is 2. The molecule has 0 aliphatic carbocycles. The van der Waals surface area contributed by atoms with E-state index in [0.717, 1.165) is 5.56 Å². The van der Waals surface area contributed by atoms with Crippen molar-refractivity contribution in [3.05, 3.63) is 83.1 Å². The lowest BCUT2D eigenvalue weighted by Crippen LogP contribution is -2.12. The van der Waals surface area contributed by atoms with Crippen molar-refractivity contribution in [2.45, 2.75) is 6.61 Å². The third-order valence-corrected chi connectivity index (χ3v) is 4.07. The number of rotatable bonds is 6. The van der Waals surface area contributed by atoms with Gasteiger partial charge in [0.25, 0.3) is 5.91 Å². The van der Waals surface area contributed by atoms with E-state index < -0.39 is 0 Å². The predicted octanol–water partition coefficient (Wildman–Crippen LogP) is 4.57. The molecular formula is C20H17ClN2O3. The maximum Gasteiger partial charge on any atom is 0.255 e.